The van der Waals surface area contributed by atoms with Crippen LogP contribution in [0, 0.1) is 0 Å². The largest absolute Gasteiger partial charge is 0.495 e. The van der Waals surface area contributed by atoms with E-state index in [2.05, 4.69) is 11.9 Å². The van der Waals surface area contributed by atoms with Crippen LogP contribution in [-0.4, -0.2) is 13.7 Å². The maximum Gasteiger partial charge on any atom is 0.141 e. The summed E-state index contributed by atoms with van der Waals surface area (Å²) >= 11 is 0. The maximum absolute atomic E-state index is 5.19. The molecule has 0 bridgehead atoms. The van der Waals surface area contributed by atoms with Crippen molar-refractivity contribution in [3.05, 3.63) is 36.9 Å². The summed E-state index contributed by atoms with van der Waals surface area (Å²) < 4.78 is 5.19. The van der Waals surface area contributed by atoms with Gasteiger partial charge in [0.05, 0.1) is 12.8 Å². The Bertz CT molecular complexity index is 271. The van der Waals surface area contributed by atoms with Gasteiger partial charge in [-0.2, -0.15) is 0 Å². The summed E-state index contributed by atoms with van der Waals surface area (Å²) in [5.41, 5.74) is 1.03. The molecule has 1 aromatic carbocycles. The Morgan fingerprint density at radius 2 is 2.23 bits per heavy atom. The van der Waals surface area contributed by atoms with Crippen LogP contribution in [0.2, 0.25) is 0 Å². The fourth-order valence-corrected chi connectivity index (χ4v) is 1.10. The zero-order chi connectivity index (χ0) is 9.52. The molecule has 0 amide bonds. The van der Waals surface area contributed by atoms with Gasteiger partial charge in [-0.3, -0.25) is 0 Å². The first-order chi connectivity index (χ1) is 6.38. The van der Waals surface area contributed by atoms with Gasteiger partial charge in [-0.15, -0.1) is 6.58 Å². The van der Waals surface area contributed by atoms with Gasteiger partial charge in [0.25, 0.3) is 0 Å². The van der Waals surface area contributed by atoms with Crippen LogP contribution in [0.15, 0.2) is 36.9 Å². The van der Waals surface area contributed by atoms with Gasteiger partial charge < -0.3 is 10.1 Å². The van der Waals surface area contributed by atoms with Crippen molar-refractivity contribution in [3.8, 4) is 5.75 Å². The molecule has 0 heterocycles. The first-order valence-corrected chi connectivity index (χ1v) is 4.36. The third-order valence-electron chi connectivity index (χ3n) is 1.77. The summed E-state index contributed by atoms with van der Waals surface area (Å²) in [5.74, 6) is 0.881. The molecular formula is C11H15NO. The first-order valence-electron chi connectivity index (χ1n) is 4.36. The lowest BCUT2D eigenvalue weighted by molar-refractivity contribution is 0.416. The Morgan fingerprint density at radius 1 is 1.46 bits per heavy atom. The van der Waals surface area contributed by atoms with Gasteiger partial charge in [-0.25, -0.2) is 0 Å². The molecule has 13 heavy (non-hydrogen) atoms. The van der Waals surface area contributed by atoms with E-state index in [1.807, 2.05) is 30.3 Å². The highest BCUT2D eigenvalue weighted by Crippen LogP contribution is 2.22. The van der Waals surface area contributed by atoms with Crippen LogP contribution in [0.3, 0.4) is 0 Å². The second-order valence-electron chi connectivity index (χ2n) is 2.70. The smallest absolute Gasteiger partial charge is 0.141 e. The second-order valence-corrected chi connectivity index (χ2v) is 2.70. The Morgan fingerprint density at radius 3 is 2.92 bits per heavy atom. The molecule has 0 aliphatic heterocycles. The number of hydrogen-bond acceptors (Lipinski definition) is 2. The number of ether oxygens (including phenoxy) is 1. The Balaban J connectivity index is 2.58. The summed E-state index contributed by atoms with van der Waals surface area (Å²) in [6.45, 7) is 4.56. The number of rotatable bonds is 5. The minimum absolute atomic E-state index is 0.881. The summed E-state index contributed by atoms with van der Waals surface area (Å²) in [6.07, 6.45) is 2.85. The summed E-state index contributed by atoms with van der Waals surface area (Å²) in [7, 11) is 1.67. The predicted molar refractivity (Wildman–Crippen MR) is 56.3 cm³/mol. The quantitative estimate of drug-likeness (QED) is 0.551. The topological polar surface area (TPSA) is 21.3 Å². The number of nitrogens with one attached hydrogen (secondary N) is 1. The van der Waals surface area contributed by atoms with Crippen molar-refractivity contribution in [2.45, 2.75) is 6.42 Å². The fourth-order valence-electron chi connectivity index (χ4n) is 1.10. The minimum Gasteiger partial charge on any atom is -0.495 e. The van der Waals surface area contributed by atoms with Crippen molar-refractivity contribution >= 4 is 5.69 Å². The lowest BCUT2D eigenvalue weighted by atomic mass is 10.3. The number of hydrogen-bond donors (Lipinski definition) is 1. The van der Waals surface area contributed by atoms with Gasteiger partial charge in [0, 0.05) is 6.54 Å². The SMILES string of the molecule is C=CCCNc1ccccc1OC. The number of para-hydroxylation sites is 2. The molecule has 0 atom stereocenters. The standard InChI is InChI=1S/C11H15NO/c1-3-4-9-12-10-7-5-6-8-11(10)13-2/h3,5-8,12H,1,4,9H2,2H3. The average molecular weight is 177 g/mol. The molecule has 0 fully saturated rings. The lowest BCUT2D eigenvalue weighted by Crippen LogP contribution is -2.01. The van der Waals surface area contributed by atoms with Crippen molar-refractivity contribution in [2.75, 3.05) is 19.0 Å². The highest BCUT2D eigenvalue weighted by Gasteiger charge is 1.98. The molecule has 0 aliphatic carbocycles. The van der Waals surface area contributed by atoms with E-state index in [9.17, 15) is 0 Å². The average Bonchev–Trinajstić information content (AvgIpc) is 2.19. The van der Waals surface area contributed by atoms with E-state index < -0.39 is 0 Å². The van der Waals surface area contributed by atoms with Gasteiger partial charge in [-0.05, 0) is 18.6 Å². The Labute approximate surface area is 79.2 Å². The van der Waals surface area contributed by atoms with E-state index in [0.29, 0.717) is 0 Å². The molecule has 0 unspecified atom stereocenters. The van der Waals surface area contributed by atoms with E-state index in [1.54, 1.807) is 7.11 Å². The van der Waals surface area contributed by atoms with Crippen molar-refractivity contribution in [3.63, 3.8) is 0 Å². The van der Waals surface area contributed by atoms with Crippen LogP contribution in [0.1, 0.15) is 6.42 Å². The van der Waals surface area contributed by atoms with Crippen LogP contribution in [0.5, 0.6) is 5.75 Å². The van der Waals surface area contributed by atoms with Crippen LogP contribution in [0.4, 0.5) is 5.69 Å². The third kappa shape index (κ3) is 2.82. The highest BCUT2D eigenvalue weighted by molar-refractivity contribution is 5.55. The molecule has 0 saturated heterocycles. The molecule has 0 spiro atoms. The first kappa shape index (κ1) is 9.65. The lowest BCUT2D eigenvalue weighted by Gasteiger charge is -2.09. The van der Waals surface area contributed by atoms with Crippen LogP contribution < -0.4 is 10.1 Å². The van der Waals surface area contributed by atoms with Gasteiger partial charge in [-0.1, -0.05) is 18.2 Å². The summed E-state index contributed by atoms with van der Waals surface area (Å²) in [4.78, 5) is 0. The van der Waals surface area contributed by atoms with E-state index in [1.165, 1.54) is 0 Å². The zero-order valence-electron chi connectivity index (χ0n) is 7.92. The predicted octanol–water partition coefficient (Wildman–Crippen LogP) is 2.68. The van der Waals surface area contributed by atoms with E-state index in [0.717, 1.165) is 24.4 Å². The monoisotopic (exact) mass is 177 g/mol. The normalized spacial score (nSPS) is 9.31. The number of methoxy groups -OCH3 is 1. The molecule has 1 aromatic rings. The molecule has 70 valence electrons. The van der Waals surface area contributed by atoms with Gasteiger partial charge in [0.2, 0.25) is 0 Å². The Hall–Kier alpha value is -1.44. The molecule has 2 heteroatoms. The van der Waals surface area contributed by atoms with Crippen LogP contribution in [0.25, 0.3) is 0 Å². The fraction of sp³-hybridized carbons (Fsp3) is 0.273. The molecule has 1 rings (SSSR count). The van der Waals surface area contributed by atoms with E-state index >= 15 is 0 Å². The van der Waals surface area contributed by atoms with Crippen LogP contribution in [-0.2, 0) is 0 Å². The summed E-state index contributed by atoms with van der Waals surface area (Å²) in [5, 5.41) is 3.27. The Kier molecular flexibility index (Phi) is 3.89. The molecular weight excluding hydrogens is 162 g/mol. The van der Waals surface area contributed by atoms with Crippen molar-refractivity contribution in [1.29, 1.82) is 0 Å². The molecule has 0 aromatic heterocycles. The minimum atomic E-state index is 0.881. The van der Waals surface area contributed by atoms with Gasteiger partial charge in [0.1, 0.15) is 5.75 Å². The molecule has 0 saturated carbocycles. The maximum atomic E-state index is 5.19. The number of benzene rings is 1. The highest BCUT2D eigenvalue weighted by atomic mass is 16.5. The molecule has 0 aliphatic rings. The van der Waals surface area contributed by atoms with Crippen molar-refractivity contribution < 1.29 is 4.74 Å². The summed E-state index contributed by atoms with van der Waals surface area (Å²) in [6, 6.07) is 7.88. The molecule has 2 nitrogen and oxygen atoms in total. The zero-order valence-corrected chi connectivity index (χ0v) is 7.92. The van der Waals surface area contributed by atoms with E-state index in [-0.39, 0.29) is 0 Å². The van der Waals surface area contributed by atoms with Gasteiger partial charge in [0.15, 0.2) is 0 Å². The van der Waals surface area contributed by atoms with Crippen molar-refractivity contribution in [1.82, 2.24) is 0 Å². The second kappa shape index (κ2) is 5.25. The third-order valence-corrected chi connectivity index (χ3v) is 1.77. The van der Waals surface area contributed by atoms with E-state index in [4.69, 9.17) is 4.74 Å². The van der Waals surface area contributed by atoms with Crippen LogP contribution >= 0.6 is 0 Å². The van der Waals surface area contributed by atoms with Crippen molar-refractivity contribution in [2.24, 2.45) is 0 Å². The number of anilines is 1. The molecule has 1 N–H and O–H groups in total. The molecule has 0 radical (unpaired) electrons. The van der Waals surface area contributed by atoms with Gasteiger partial charge >= 0.3 is 0 Å².